The van der Waals surface area contributed by atoms with Gasteiger partial charge in [0.15, 0.2) is 11.5 Å². The molecular weight excluding hydrogens is 336 g/mol. The van der Waals surface area contributed by atoms with Crippen molar-refractivity contribution in [3.63, 3.8) is 0 Å². The topological polar surface area (TPSA) is 118 Å². The molecular formula is C13H12N6O4S. The minimum atomic E-state index is -0.481. The molecule has 0 unspecified atom stereocenters. The quantitative estimate of drug-likeness (QED) is 0.502. The highest BCUT2D eigenvalue weighted by Gasteiger charge is 2.24. The molecule has 3 aromatic rings. The van der Waals surface area contributed by atoms with E-state index >= 15 is 0 Å². The molecule has 0 spiro atoms. The summed E-state index contributed by atoms with van der Waals surface area (Å²) in [5.41, 5.74) is -0.131. The zero-order chi connectivity index (χ0) is 17.3. The van der Waals surface area contributed by atoms with Gasteiger partial charge in [0.25, 0.3) is 5.69 Å². The summed E-state index contributed by atoms with van der Waals surface area (Å²) in [5, 5.41) is 24.4. The van der Waals surface area contributed by atoms with Crippen molar-refractivity contribution in [2.75, 3.05) is 14.2 Å². The number of fused-ring (bicyclic) bond motifs is 1. The smallest absolute Gasteiger partial charge is 0.283 e. The maximum absolute atomic E-state index is 11.5. The first-order valence-electron chi connectivity index (χ1n) is 6.65. The second kappa shape index (κ2) is 6.28. The van der Waals surface area contributed by atoms with E-state index in [1.807, 2.05) is 0 Å². The van der Waals surface area contributed by atoms with E-state index in [4.69, 9.17) is 9.47 Å². The van der Waals surface area contributed by atoms with Gasteiger partial charge in [0, 0.05) is 18.6 Å². The van der Waals surface area contributed by atoms with Crippen molar-refractivity contribution in [1.82, 2.24) is 25.2 Å². The van der Waals surface area contributed by atoms with Crippen LogP contribution in [0.5, 0.6) is 11.5 Å². The van der Waals surface area contributed by atoms with Crippen LogP contribution in [0.15, 0.2) is 28.5 Å². The van der Waals surface area contributed by atoms with Gasteiger partial charge in [-0.3, -0.25) is 10.1 Å². The number of hydrogen-bond donors (Lipinski definition) is 0. The molecule has 1 aromatic carbocycles. The molecule has 0 radical (unpaired) electrons. The molecule has 0 aliphatic carbocycles. The van der Waals surface area contributed by atoms with E-state index in [-0.39, 0.29) is 11.4 Å². The summed E-state index contributed by atoms with van der Waals surface area (Å²) in [6.45, 7) is 0. The Labute approximate surface area is 139 Å². The van der Waals surface area contributed by atoms with Crippen molar-refractivity contribution in [3.05, 3.63) is 28.4 Å². The minimum Gasteiger partial charge on any atom is -0.493 e. The lowest BCUT2D eigenvalue weighted by Gasteiger charge is -2.12. The van der Waals surface area contributed by atoms with Crippen molar-refractivity contribution < 1.29 is 14.4 Å². The molecule has 0 amide bonds. The van der Waals surface area contributed by atoms with Gasteiger partial charge in [-0.1, -0.05) is 0 Å². The standard InChI is InChI=1S/C13H12N6O4S/c1-18-13(15-16-17-18)24-12-10-7(4-5-14-12)11(23-3)9(22-2)6-8(10)19(20)21/h4-6H,1-3H3. The molecule has 11 heteroatoms. The fourth-order valence-electron chi connectivity index (χ4n) is 2.25. The Balaban J connectivity index is 2.31. The number of hydrogen-bond acceptors (Lipinski definition) is 9. The molecule has 0 aliphatic heterocycles. The molecule has 124 valence electrons. The zero-order valence-corrected chi connectivity index (χ0v) is 13.8. The summed E-state index contributed by atoms with van der Waals surface area (Å²) >= 11 is 1.13. The van der Waals surface area contributed by atoms with Crippen LogP contribution in [0.25, 0.3) is 10.8 Å². The summed E-state index contributed by atoms with van der Waals surface area (Å²) in [6, 6.07) is 2.96. The van der Waals surface area contributed by atoms with Gasteiger partial charge >= 0.3 is 0 Å². The highest BCUT2D eigenvalue weighted by molar-refractivity contribution is 7.99. The van der Waals surface area contributed by atoms with Crippen molar-refractivity contribution in [1.29, 1.82) is 0 Å². The molecule has 0 aliphatic rings. The molecule has 3 rings (SSSR count). The van der Waals surface area contributed by atoms with Crippen LogP contribution in [0.3, 0.4) is 0 Å². The lowest BCUT2D eigenvalue weighted by Crippen LogP contribution is -1.99. The van der Waals surface area contributed by atoms with Crippen LogP contribution in [0.2, 0.25) is 0 Å². The first-order chi connectivity index (χ1) is 11.6. The number of benzene rings is 1. The lowest BCUT2D eigenvalue weighted by atomic mass is 10.1. The summed E-state index contributed by atoms with van der Waals surface area (Å²) in [5.74, 6) is 0.678. The minimum absolute atomic E-state index is 0.131. The number of non-ortho nitro benzene ring substituents is 1. The van der Waals surface area contributed by atoms with E-state index in [0.717, 1.165) is 11.8 Å². The third-order valence-electron chi connectivity index (χ3n) is 3.30. The van der Waals surface area contributed by atoms with Crippen LogP contribution >= 0.6 is 11.8 Å². The Hall–Kier alpha value is -2.95. The summed E-state index contributed by atoms with van der Waals surface area (Å²) in [6.07, 6.45) is 1.54. The lowest BCUT2D eigenvalue weighted by molar-refractivity contribution is -0.383. The SMILES string of the molecule is COc1cc([N+](=O)[O-])c2c(Sc3nnnn3C)nccc2c1OC. The third-order valence-corrected chi connectivity index (χ3v) is 4.33. The first kappa shape index (κ1) is 15.9. The number of nitro groups is 1. The summed E-state index contributed by atoms with van der Waals surface area (Å²) < 4.78 is 12.0. The fourth-order valence-corrected chi connectivity index (χ4v) is 3.10. The van der Waals surface area contributed by atoms with Crippen LogP contribution in [-0.2, 0) is 7.05 Å². The van der Waals surface area contributed by atoms with Crippen LogP contribution in [0, 0.1) is 10.1 Å². The molecule has 0 atom stereocenters. The van der Waals surface area contributed by atoms with E-state index in [2.05, 4.69) is 20.5 Å². The fraction of sp³-hybridized carbons (Fsp3) is 0.231. The number of methoxy groups -OCH3 is 2. The molecule has 0 saturated heterocycles. The van der Waals surface area contributed by atoms with Gasteiger partial charge in [-0.25, -0.2) is 9.67 Å². The largest absolute Gasteiger partial charge is 0.493 e. The van der Waals surface area contributed by atoms with E-state index in [9.17, 15) is 10.1 Å². The number of ether oxygens (including phenoxy) is 2. The molecule has 0 N–H and O–H groups in total. The second-order valence-electron chi connectivity index (χ2n) is 4.61. The number of aromatic nitrogens is 5. The molecule has 0 fully saturated rings. The molecule has 0 saturated carbocycles. The Kier molecular flexibility index (Phi) is 4.16. The van der Waals surface area contributed by atoms with Crippen molar-refractivity contribution in [3.8, 4) is 11.5 Å². The van der Waals surface area contributed by atoms with Gasteiger partial charge in [0.2, 0.25) is 5.16 Å². The Morgan fingerprint density at radius 3 is 2.71 bits per heavy atom. The van der Waals surface area contributed by atoms with Gasteiger partial charge < -0.3 is 9.47 Å². The van der Waals surface area contributed by atoms with Crippen molar-refractivity contribution in [2.45, 2.75) is 10.2 Å². The number of tetrazole rings is 1. The van der Waals surface area contributed by atoms with Crippen LogP contribution < -0.4 is 9.47 Å². The van der Waals surface area contributed by atoms with E-state index in [0.29, 0.717) is 26.7 Å². The van der Waals surface area contributed by atoms with Crippen molar-refractivity contribution >= 4 is 28.2 Å². The number of nitro benzene ring substituents is 1. The number of nitrogens with zero attached hydrogens (tertiary/aromatic N) is 6. The average molecular weight is 348 g/mol. The Bertz CT molecular complexity index is 928. The third kappa shape index (κ3) is 2.58. The van der Waals surface area contributed by atoms with E-state index in [1.165, 1.54) is 25.0 Å². The Morgan fingerprint density at radius 1 is 1.33 bits per heavy atom. The van der Waals surface area contributed by atoms with Gasteiger partial charge in [-0.05, 0) is 28.3 Å². The maximum Gasteiger partial charge on any atom is 0.283 e. The van der Waals surface area contributed by atoms with E-state index in [1.54, 1.807) is 19.3 Å². The molecule has 10 nitrogen and oxygen atoms in total. The molecule has 2 heterocycles. The van der Waals surface area contributed by atoms with Crippen LogP contribution in [-0.4, -0.2) is 44.3 Å². The summed E-state index contributed by atoms with van der Waals surface area (Å²) in [7, 11) is 4.57. The van der Waals surface area contributed by atoms with Gasteiger partial charge in [-0.15, -0.1) is 5.10 Å². The van der Waals surface area contributed by atoms with Gasteiger partial charge in [0.05, 0.1) is 30.6 Å². The van der Waals surface area contributed by atoms with Crippen LogP contribution in [0.1, 0.15) is 0 Å². The highest BCUT2D eigenvalue weighted by atomic mass is 32.2. The van der Waals surface area contributed by atoms with Gasteiger partial charge in [0.1, 0.15) is 5.03 Å². The number of aryl methyl sites for hydroxylation is 1. The molecule has 0 bridgehead atoms. The normalized spacial score (nSPS) is 10.8. The number of pyridine rings is 1. The second-order valence-corrected chi connectivity index (χ2v) is 5.57. The van der Waals surface area contributed by atoms with Crippen molar-refractivity contribution in [2.24, 2.45) is 7.05 Å². The highest BCUT2D eigenvalue weighted by Crippen LogP contribution is 2.44. The Morgan fingerprint density at radius 2 is 2.12 bits per heavy atom. The summed E-state index contributed by atoms with van der Waals surface area (Å²) in [4.78, 5) is 15.3. The predicted octanol–water partition coefficient (Wildman–Crippen LogP) is 1.83. The number of rotatable bonds is 5. The van der Waals surface area contributed by atoms with E-state index < -0.39 is 4.92 Å². The average Bonchev–Trinajstić information content (AvgIpc) is 2.98. The maximum atomic E-state index is 11.5. The predicted molar refractivity (Wildman–Crippen MR) is 84.4 cm³/mol. The molecule has 2 aromatic heterocycles. The van der Waals surface area contributed by atoms with Gasteiger partial charge in [-0.2, -0.15) is 0 Å². The molecule has 24 heavy (non-hydrogen) atoms. The zero-order valence-electron chi connectivity index (χ0n) is 13.0. The monoisotopic (exact) mass is 348 g/mol. The first-order valence-corrected chi connectivity index (χ1v) is 7.46. The van der Waals surface area contributed by atoms with Crippen LogP contribution in [0.4, 0.5) is 5.69 Å².